The fourth-order valence-corrected chi connectivity index (χ4v) is 1.65. The maximum absolute atomic E-state index is 11.8. The molecule has 0 fully saturated rings. The zero-order chi connectivity index (χ0) is 14.5. The minimum absolute atomic E-state index is 0.118. The molecule has 5 heteroatoms. The first-order valence-corrected chi connectivity index (χ1v) is 6.53. The average molecular weight is 280 g/mol. The molecule has 1 aromatic rings. The van der Waals surface area contributed by atoms with Crippen LogP contribution in [0.3, 0.4) is 0 Å². The quantitative estimate of drug-likeness (QED) is 0.813. The lowest BCUT2D eigenvalue weighted by Gasteiger charge is -2.19. The predicted molar refractivity (Wildman–Crippen MR) is 81.3 cm³/mol. The molecule has 0 bridgehead atoms. The molecule has 0 saturated carbocycles. The minimum Gasteiger partial charge on any atom is -0.389 e. The van der Waals surface area contributed by atoms with E-state index >= 15 is 0 Å². The van der Waals surface area contributed by atoms with Crippen molar-refractivity contribution >= 4 is 28.8 Å². The van der Waals surface area contributed by atoms with Gasteiger partial charge in [-0.15, -0.1) is 0 Å². The van der Waals surface area contributed by atoms with E-state index in [1.165, 1.54) is 0 Å². The van der Waals surface area contributed by atoms with E-state index in [1.54, 1.807) is 12.1 Å². The van der Waals surface area contributed by atoms with Crippen molar-refractivity contribution in [1.29, 1.82) is 0 Å². The molecule has 1 rings (SSSR count). The van der Waals surface area contributed by atoms with Crippen molar-refractivity contribution in [3.8, 4) is 0 Å². The average Bonchev–Trinajstić information content (AvgIpc) is 2.27. The van der Waals surface area contributed by atoms with Gasteiger partial charge in [0, 0.05) is 5.56 Å². The Kier molecular flexibility index (Phi) is 5.44. The van der Waals surface area contributed by atoms with Gasteiger partial charge in [-0.1, -0.05) is 24.4 Å². The maximum atomic E-state index is 11.8. The molecule has 1 aromatic carbocycles. The van der Waals surface area contributed by atoms with Gasteiger partial charge in [-0.25, -0.2) is 0 Å². The van der Waals surface area contributed by atoms with E-state index in [9.17, 15) is 4.79 Å². The lowest BCUT2D eigenvalue weighted by Crippen LogP contribution is -2.23. The fraction of sp³-hybridized carbons (Fsp3) is 0.429. The van der Waals surface area contributed by atoms with Crippen LogP contribution >= 0.6 is 12.2 Å². The summed E-state index contributed by atoms with van der Waals surface area (Å²) in [6, 6.07) is 7.20. The Morgan fingerprint density at radius 2 is 2.00 bits per heavy atom. The molecule has 104 valence electrons. The number of ether oxygens (including phenoxy) is 1. The summed E-state index contributed by atoms with van der Waals surface area (Å²) in [4.78, 5) is 12.1. The number of carbonyl (C=O) groups is 1. The van der Waals surface area contributed by atoms with Gasteiger partial charge in [0.05, 0.1) is 24.3 Å². The normalized spacial score (nSPS) is 11.1. The van der Waals surface area contributed by atoms with Crippen molar-refractivity contribution in [2.24, 2.45) is 5.73 Å². The summed E-state index contributed by atoms with van der Waals surface area (Å²) < 4.78 is 5.50. The molecule has 0 unspecified atom stereocenters. The van der Waals surface area contributed by atoms with Gasteiger partial charge < -0.3 is 15.8 Å². The zero-order valence-corrected chi connectivity index (χ0v) is 12.3. The Balaban J connectivity index is 2.56. The topological polar surface area (TPSA) is 64.3 Å². The van der Waals surface area contributed by atoms with E-state index in [2.05, 4.69) is 5.32 Å². The highest BCUT2D eigenvalue weighted by molar-refractivity contribution is 7.80. The second-order valence-electron chi connectivity index (χ2n) is 5.17. The molecule has 4 nitrogen and oxygen atoms in total. The highest BCUT2D eigenvalue weighted by atomic mass is 32.1. The predicted octanol–water partition coefficient (Wildman–Crippen LogP) is 2.46. The third kappa shape index (κ3) is 5.81. The van der Waals surface area contributed by atoms with E-state index < -0.39 is 0 Å². The Hall–Kier alpha value is -1.46. The van der Waals surface area contributed by atoms with Crippen LogP contribution in [-0.4, -0.2) is 23.1 Å². The molecular formula is C14H20N2O2S. The number of hydrogen-bond acceptors (Lipinski definition) is 3. The number of thiocarbonyl (C=S) groups is 1. The molecule has 0 aliphatic heterocycles. The van der Waals surface area contributed by atoms with Gasteiger partial charge in [0.1, 0.15) is 4.99 Å². The summed E-state index contributed by atoms with van der Waals surface area (Å²) in [5.74, 6) is -0.118. The molecule has 0 atom stereocenters. The Labute approximate surface area is 119 Å². The van der Waals surface area contributed by atoms with Gasteiger partial charge >= 0.3 is 0 Å². The second-order valence-corrected chi connectivity index (χ2v) is 5.61. The highest BCUT2D eigenvalue weighted by Crippen LogP contribution is 2.15. The van der Waals surface area contributed by atoms with Crippen LogP contribution in [0.5, 0.6) is 0 Å². The van der Waals surface area contributed by atoms with Gasteiger partial charge in [0.2, 0.25) is 5.91 Å². The van der Waals surface area contributed by atoms with Crippen molar-refractivity contribution in [2.75, 3.05) is 11.9 Å². The van der Waals surface area contributed by atoms with Crippen molar-refractivity contribution in [3.05, 3.63) is 29.8 Å². The molecule has 0 aliphatic rings. The number of benzene rings is 1. The Morgan fingerprint density at radius 3 is 2.58 bits per heavy atom. The first-order chi connectivity index (χ1) is 8.79. The standard InChI is InChI=1S/C14H20N2O2S/c1-14(2,3)18-9-8-12(17)16-11-7-5-4-6-10(11)13(15)19/h4-7H,8-9H2,1-3H3,(H2,15,19)(H,16,17). The van der Waals surface area contributed by atoms with Crippen molar-refractivity contribution in [2.45, 2.75) is 32.8 Å². The Morgan fingerprint density at radius 1 is 1.37 bits per heavy atom. The smallest absolute Gasteiger partial charge is 0.226 e. The van der Waals surface area contributed by atoms with E-state index in [-0.39, 0.29) is 16.5 Å². The van der Waals surface area contributed by atoms with Crippen LogP contribution in [0.25, 0.3) is 0 Å². The van der Waals surface area contributed by atoms with Crippen LogP contribution in [0.4, 0.5) is 5.69 Å². The van der Waals surface area contributed by atoms with Gasteiger partial charge in [-0.3, -0.25) is 4.79 Å². The highest BCUT2D eigenvalue weighted by Gasteiger charge is 2.12. The van der Waals surface area contributed by atoms with Crippen LogP contribution in [-0.2, 0) is 9.53 Å². The molecule has 19 heavy (non-hydrogen) atoms. The van der Waals surface area contributed by atoms with Crippen molar-refractivity contribution < 1.29 is 9.53 Å². The molecule has 0 aliphatic carbocycles. The number of nitrogens with two attached hydrogens (primary N) is 1. The molecule has 0 heterocycles. The van der Waals surface area contributed by atoms with E-state index in [0.717, 1.165) is 0 Å². The fourth-order valence-electron chi connectivity index (χ4n) is 1.47. The number of amides is 1. The van der Waals surface area contributed by atoms with Gasteiger partial charge in [0.15, 0.2) is 0 Å². The molecule has 0 radical (unpaired) electrons. The number of hydrogen-bond donors (Lipinski definition) is 2. The minimum atomic E-state index is -0.239. The molecule has 0 spiro atoms. The summed E-state index contributed by atoms with van der Waals surface area (Å²) in [6.07, 6.45) is 0.295. The SMILES string of the molecule is CC(C)(C)OCCC(=O)Nc1ccccc1C(N)=S. The lowest BCUT2D eigenvalue weighted by atomic mass is 10.1. The Bertz CT molecular complexity index is 467. The molecular weight excluding hydrogens is 260 g/mol. The third-order valence-electron chi connectivity index (χ3n) is 2.33. The van der Waals surface area contributed by atoms with E-state index in [1.807, 2.05) is 32.9 Å². The van der Waals surface area contributed by atoms with Crippen LogP contribution in [0, 0.1) is 0 Å². The number of carbonyl (C=O) groups excluding carboxylic acids is 1. The molecule has 0 aromatic heterocycles. The van der Waals surface area contributed by atoms with Gasteiger partial charge in [0.25, 0.3) is 0 Å². The van der Waals surface area contributed by atoms with E-state index in [0.29, 0.717) is 24.3 Å². The van der Waals surface area contributed by atoms with E-state index in [4.69, 9.17) is 22.7 Å². The summed E-state index contributed by atoms with van der Waals surface area (Å²) in [6.45, 7) is 6.23. The second kappa shape index (κ2) is 6.63. The zero-order valence-electron chi connectivity index (χ0n) is 11.5. The van der Waals surface area contributed by atoms with Crippen molar-refractivity contribution in [3.63, 3.8) is 0 Å². The summed E-state index contributed by atoms with van der Waals surface area (Å²) in [5, 5.41) is 2.79. The van der Waals surface area contributed by atoms with Crippen LogP contribution in [0.2, 0.25) is 0 Å². The third-order valence-corrected chi connectivity index (χ3v) is 2.55. The summed E-state index contributed by atoms with van der Waals surface area (Å²) in [5.41, 5.74) is 6.67. The van der Waals surface area contributed by atoms with Gasteiger partial charge in [-0.2, -0.15) is 0 Å². The lowest BCUT2D eigenvalue weighted by molar-refractivity contribution is -0.118. The monoisotopic (exact) mass is 280 g/mol. The number of para-hydroxylation sites is 1. The largest absolute Gasteiger partial charge is 0.389 e. The number of rotatable bonds is 5. The number of anilines is 1. The summed E-state index contributed by atoms with van der Waals surface area (Å²) >= 11 is 4.94. The van der Waals surface area contributed by atoms with Crippen LogP contribution in [0.15, 0.2) is 24.3 Å². The van der Waals surface area contributed by atoms with Crippen LogP contribution in [0.1, 0.15) is 32.8 Å². The first kappa shape index (κ1) is 15.6. The van der Waals surface area contributed by atoms with Gasteiger partial charge in [-0.05, 0) is 32.9 Å². The summed E-state index contributed by atoms with van der Waals surface area (Å²) in [7, 11) is 0. The number of nitrogens with one attached hydrogen (secondary N) is 1. The first-order valence-electron chi connectivity index (χ1n) is 6.12. The molecule has 3 N–H and O–H groups in total. The van der Waals surface area contributed by atoms with Crippen LogP contribution < -0.4 is 11.1 Å². The molecule has 0 saturated heterocycles. The molecule has 1 amide bonds. The maximum Gasteiger partial charge on any atom is 0.226 e. The van der Waals surface area contributed by atoms with Crippen molar-refractivity contribution in [1.82, 2.24) is 0 Å².